The van der Waals surface area contributed by atoms with Crippen molar-refractivity contribution in [3.8, 4) is 0 Å². The van der Waals surface area contributed by atoms with Crippen LogP contribution < -0.4 is 5.73 Å². The van der Waals surface area contributed by atoms with Gasteiger partial charge in [-0.2, -0.15) is 0 Å². The van der Waals surface area contributed by atoms with Crippen LogP contribution >= 0.6 is 11.6 Å². The summed E-state index contributed by atoms with van der Waals surface area (Å²) in [5.74, 6) is -0.751. The first-order valence-corrected chi connectivity index (χ1v) is 7.15. The lowest BCUT2D eigenvalue weighted by atomic mass is 10.3. The van der Waals surface area contributed by atoms with Crippen molar-refractivity contribution in [1.29, 1.82) is 0 Å². The average molecular weight is 295 g/mol. The number of anilines is 1. The van der Waals surface area contributed by atoms with E-state index in [1.54, 1.807) is 0 Å². The Kier molecular flexibility index (Phi) is 3.76. The predicted molar refractivity (Wildman–Crippen MR) is 64.9 cm³/mol. The quantitative estimate of drug-likeness (QED) is 0.844. The molecule has 1 fully saturated rings. The van der Waals surface area contributed by atoms with Gasteiger partial charge in [0.1, 0.15) is 10.7 Å². The van der Waals surface area contributed by atoms with E-state index in [9.17, 15) is 12.8 Å². The zero-order chi connectivity index (χ0) is 13.3. The number of benzene rings is 1. The third-order valence-corrected chi connectivity index (χ3v) is 4.71. The molecule has 2 N–H and O–H groups in total. The summed E-state index contributed by atoms with van der Waals surface area (Å²) in [5.41, 5.74) is 5.09. The molecule has 0 saturated carbocycles. The van der Waals surface area contributed by atoms with Crippen LogP contribution in [0.4, 0.5) is 10.1 Å². The fourth-order valence-corrected chi connectivity index (χ4v) is 3.44. The summed E-state index contributed by atoms with van der Waals surface area (Å²) < 4.78 is 38.4. The van der Waals surface area contributed by atoms with E-state index < -0.39 is 15.8 Å². The first-order valence-electron chi connectivity index (χ1n) is 5.33. The van der Waals surface area contributed by atoms with E-state index in [1.807, 2.05) is 0 Å². The second kappa shape index (κ2) is 5.00. The van der Waals surface area contributed by atoms with Crippen molar-refractivity contribution in [2.24, 2.45) is 0 Å². The second-order valence-electron chi connectivity index (χ2n) is 3.88. The fraction of sp³-hybridized carbons (Fsp3) is 0.400. The van der Waals surface area contributed by atoms with E-state index in [0.29, 0.717) is 13.0 Å². The Morgan fingerprint density at radius 3 is 2.72 bits per heavy atom. The van der Waals surface area contributed by atoms with Crippen molar-refractivity contribution >= 4 is 27.3 Å². The lowest BCUT2D eigenvalue weighted by Gasteiger charge is -2.25. The van der Waals surface area contributed by atoms with E-state index in [4.69, 9.17) is 22.2 Å². The Morgan fingerprint density at radius 2 is 2.11 bits per heavy atom. The number of rotatable bonds is 2. The predicted octanol–water partition coefficient (Wildman–Crippen LogP) is 1.78. The number of sulfonamides is 1. The van der Waals surface area contributed by atoms with Crippen LogP contribution in [-0.4, -0.2) is 26.0 Å². The summed E-state index contributed by atoms with van der Waals surface area (Å²) in [7, 11) is -3.90. The van der Waals surface area contributed by atoms with Gasteiger partial charge in [-0.15, -0.1) is 0 Å². The van der Waals surface area contributed by atoms with Crippen LogP contribution in [0.3, 0.4) is 0 Å². The molecule has 0 bridgehead atoms. The molecule has 0 atom stereocenters. The van der Waals surface area contributed by atoms with Crippen LogP contribution in [0.15, 0.2) is 17.0 Å². The van der Waals surface area contributed by atoms with Crippen LogP contribution in [0, 0.1) is 5.82 Å². The van der Waals surface area contributed by atoms with E-state index in [-0.39, 0.29) is 22.2 Å². The van der Waals surface area contributed by atoms with E-state index in [0.717, 1.165) is 23.0 Å². The SMILES string of the molecule is Nc1cc(S(=O)(=O)N2CCCCO2)c(Cl)cc1F. The summed E-state index contributed by atoms with van der Waals surface area (Å²) >= 11 is 5.75. The highest BCUT2D eigenvalue weighted by atomic mass is 35.5. The number of halogens is 2. The van der Waals surface area contributed by atoms with Gasteiger partial charge in [-0.05, 0) is 25.0 Å². The van der Waals surface area contributed by atoms with Gasteiger partial charge in [0.2, 0.25) is 0 Å². The second-order valence-corrected chi connectivity index (χ2v) is 6.08. The topological polar surface area (TPSA) is 72.6 Å². The van der Waals surface area contributed by atoms with E-state index >= 15 is 0 Å². The third kappa shape index (κ3) is 2.44. The van der Waals surface area contributed by atoms with Crippen molar-refractivity contribution in [3.05, 3.63) is 23.0 Å². The lowest BCUT2D eigenvalue weighted by Crippen LogP contribution is -2.35. The standard InChI is InChI=1S/C10H12ClFN2O3S/c11-7-5-8(12)9(13)6-10(7)18(15,16)14-3-1-2-4-17-14/h5-6H,1-4,13H2. The van der Waals surface area contributed by atoms with Crippen molar-refractivity contribution in [1.82, 2.24) is 4.47 Å². The van der Waals surface area contributed by atoms with Gasteiger partial charge < -0.3 is 5.73 Å². The van der Waals surface area contributed by atoms with Crippen LogP contribution in [0.1, 0.15) is 12.8 Å². The molecule has 0 aromatic heterocycles. The number of hydroxylamine groups is 1. The van der Waals surface area contributed by atoms with Gasteiger partial charge in [0, 0.05) is 6.54 Å². The van der Waals surface area contributed by atoms with Gasteiger partial charge in [-0.25, -0.2) is 12.8 Å². The molecular formula is C10H12ClFN2O3S. The molecule has 8 heteroatoms. The molecule has 5 nitrogen and oxygen atoms in total. The maximum absolute atomic E-state index is 13.1. The fourth-order valence-electron chi connectivity index (χ4n) is 1.62. The molecule has 1 saturated heterocycles. The molecule has 1 aromatic rings. The summed E-state index contributed by atoms with van der Waals surface area (Å²) in [5, 5.41) is -0.212. The van der Waals surface area contributed by atoms with E-state index in [2.05, 4.69) is 0 Å². The van der Waals surface area contributed by atoms with Gasteiger partial charge in [0.25, 0.3) is 10.0 Å². The molecule has 0 radical (unpaired) electrons. The minimum absolute atomic E-state index is 0.212. The minimum Gasteiger partial charge on any atom is -0.396 e. The molecule has 100 valence electrons. The van der Waals surface area contributed by atoms with Gasteiger partial charge in [0.15, 0.2) is 0 Å². The summed E-state index contributed by atoms with van der Waals surface area (Å²) in [6, 6.07) is 1.89. The maximum Gasteiger partial charge on any atom is 0.266 e. The first-order chi connectivity index (χ1) is 8.43. The van der Waals surface area contributed by atoms with Crippen molar-refractivity contribution < 1.29 is 17.6 Å². The van der Waals surface area contributed by atoms with Gasteiger partial charge in [0.05, 0.1) is 17.3 Å². The molecule has 1 aromatic carbocycles. The minimum atomic E-state index is -3.90. The summed E-state index contributed by atoms with van der Waals surface area (Å²) in [6.07, 6.45) is 1.50. The molecule has 2 rings (SSSR count). The normalized spacial score (nSPS) is 17.9. The summed E-state index contributed by atoms with van der Waals surface area (Å²) in [6.45, 7) is 0.573. The number of nitrogen functional groups attached to an aromatic ring is 1. The molecular weight excluding hydrogens is 283 g/mol. The first kappa shape index (κ1) is 13.5. The lowest BCUT2D eigenvalue weighted by molar-refractivity contribution is -0.108. The number of hydrogen-bond donors (Lipinski definition) is 1. The number of nitrogens with two attached hydrogens (primary N) is 1. The highest BCUT2D eigenvalue weighted by Crippen LogP contribution is 2.29. The Labute approximate surface area is 109 Å². The smallest absolute Gasteiger partial charge is 0.266 e. The molecule has 1 aliphatic rings. The molecule has 1 aliphatic heterocycles. The third-order valence-electron chi connectivity index (χ3n) is 2.57. The summed E-state index contributed by atoms with van der Waals surface area (Å²) in [4.78, 5) is 4.83. The van der Waals surface area contributed by atoms with Crippen molar-refractivity contribution in [2.75, 3.05) is 18.9 Å². The molecule has 18 heavy (non-hydrogen) atoms. The molecule has 1 heterocycles. The maximum atomic E-state index is 13.1. The van der Waals surface area contributed by atoms with E-state index in [1.165, 1.54) is 0 Å². The molecule has 0 unspecified atom stereocenters. The van der Waals surface area contributed by atoms with Gasteiger partial charge in [-0.3, -0.25) is 4.84 Å². The van der Waals surface area contributed by atoms with Gasteiger partial charge in [-0.1, -0.05) is 16.1 Å². The molecule has 0 amide bonds. The Bertz CT molecular complexity index is 558. The van der Waals surface area contributed by atoms with Crippen LogP contribution in [0.2, 0.25) is 5.02 Å². The molecule has 0 spiro atoms. The Balaban J connectivity index is 2.43. The largest absolute Gasteiger partial charge is 0.396 e. The zero-order valence-corrected chi connectivity index (χ0v) is 11.0. The van der Waals surface area contributed by atoms with Crippen molar-refractivity contribution in [2.45, 2.75) is 17.7 Å². The van der Waals surface area contributed by atoms with Crippen LogP contribution in [0.5, 0.6) is 0 Å². The van der Waals surface area contributed by atoms with Crippen molar-refractivity contribution in [3.63, 3.8) is 0 Å². The highest BCUT2D eigenvalue weighted by molar-refractivity contribution is 7.89. The Morgan fingerprint density at radius 1 is 1.39 bits per heavy atom. The highest BCUT2D eigenvalue weighted by Gasteiger charge is 2.30. The van der Waals surface area contributed by atoms with Crippen LogP contribution in [-0.2, 0) is 14.9 Å². The van der Waals surface area contributed by atoms with Gasteiger partial charge >= 0.3 is 0 Å². The van der Waals surface area contributed by atoms with Crippen LogP contribution in [0.25, 0.3) is 0 Å². The Hall–Kier alpha value is -0.890. The monoisotopic (exact) mass is 294 g/mol. The average Bonchev–Trinajstić information content (AvgIpc) is 2.34. The number of hydrogen-bond acceptors (Lipinski definition) is 4. The zero-order valence-electron chi connectivity index (χ0n) is 9.40. The molecule has 0 aliphatic carbocycles. The number of nitrogens with zero attached hydrogens (tertiary/aromatic N) is 1.